The summed E-state index contributed by atoms with van der Waals surface area (Å²) in [4.78, 5) is 36.7. The second kappa shape index (κ2) is 6.60. The van der Waals surface area contributed by atoms with E-state index in [1.807, 2.05) is 0 Å². The number of carbonyl (C=O) groups is 3. The van der Waals surface area contributed by atoms with Crippen LogP contribution in [0, 0.1) is 0 Å². The minimum atomic E-state index is -1.05. The number of ketones is 1. The van der Waals surface area contributed by atoms with Crippen LogP contribution in [0.15, 0.2) is 54.1 Å². The fraction of sp³-hybridized carbons (Fsp3) is 0.105. The van der Waals surface area contributed by atoms with Gasteiger partial charge in [-0.2, -0.15) is 0 Å². The van der Waals surface area contributed by atoms with Crippen molar-refractivity contribution >= 4 is 29.4 Å². The van der Waals surface area contributed by atoms with Crippen molar-refractivity contribution in [3.05, 3.63) is 65.2 Å². The molecule has 25 heavy (non-hydrogen) atoms. The predicted molar refractivity (Wildman–Crippen MR) is 91.7 cm³/mol. The largest absolute Gasteiger partial charge is 0.497 e. The summed E-state index contributed by atoms with van der Waals surface area (Å²) in [5.41, 5.74) is 1.79. The van der Waals surface area contributed by atoms with Gasteiger partial charge in [-0.3, -0.25) is 9.59 Å². The van der Waals surface area contributed by atoms with Crippen LogP contribution < -0.4 is 9.64 Å². The third kappa shape index (κ3) is 3.28. The van der Waals surface area contributed by atoms with Gasteiger partial charge in [-0.05, 0) is 48.0 Å². The normalized spacial score (nSPS) is 15.7. The number of Topliss-reactive ketones (excluding diaryl/α,β-unsaturated/α-hetero) is 1. The van der Waals surface area contributed by atoms with Crippen LogP contribution in [0.2, 0.25) is 0 Å². The molecule has 0 unspecified atom stereocenters. The second-order valence-electron chi connectivity index (χ2n) is 5.52. The number of anilines is 1. The Morgan fingerprint density at radius 2 is 1.72 bits per heavy atom. The number of carbonyl (C=O) groups excluding carboxylic acids is 2. The van der Waals surface area contributed by atoms with Crippen molar-refractivity contribution in [2.75, 3.05) is 18.6 Å². The van der Waals surface area contributed by atoms with Gasteiger partial charge in [-0.1, -0.05) is 12.1 Å². The minimum Gasteiger partial charge on any atom is -0.497 e. The van der Waals surface area contributed by atoms with Gasteiger partial charge >= 0.3 is 5.97 Å². The highest BCUT2D eigenvalue weighted by atomic mass is 16.5. The molecular formula is C19H15NO5. The Balaban J connectivity index is 1.85. The number of amides is 1. The van der Waals surface area contributed by atoms with Crippen LogP contribution in [0.4, 0.5) is 5.69 Å². The molecule has 0 aliphatic carbocycles. The Labute approximate surface area is 143 Å². The molecule has 2 aromatic carbocycles. The fourth-order valence-corrected chi connectivity index (χ4v) is 2.58. The Morgan fingerprint density at radius 3 is 2.28 bits per heavy atom. The summed E-state index contributed by atoms with van der Waals surface area (Å²) in [5.74, 6) is -1.52. The monoisotopic (exact) mass is 337 g/mol. The Kier molecular flexibility index (Phi) is 4.35. The quantitative estimate of drug-likeness (QED) is 0.684. The molecule has 6 heteroatoms. The van der Waals surface area contributed by atoms with Gasteiger partial charge in [0.05, 0.1) is 19.2 Å². The maximum atomic E-state index is 12.2. The van der Waals surface area contributed by atoms with Crippen molar-refractivity contribution in [3.63, 3.8) is 0 Å². The molecule has 1 amide bonds. The van der Waals surface area contributed by atoms with E-state index in [0.717, 1.165) is 5.56 Å². The van der Waals surface area contributed by atoms with Crippen LogP contribution in [0.25, 0.3) is 6.08 Å². The van der Waals surface area contributed by atoms with Crippen LogP contribution >= 0.6 is 0 Å². The topological polar surface area (TPSA) is 83.9 Å². The maximum absolute atomic E-state index is 12.2. The van der Waals surface area contributed by atoms with Gasteiger partial charge in [0.25, 0.3) is 5.91 Å². The highest BCUT2D eigenvalue weighted by Gasteiger charge is 2.35. The number of aromatic carboxylic acids is 1. The fourth-order valence-electron chi connectivity index (χ4n) is 2.58. The van der Waals surface area contributed by atoms with Gasteiger partial charge in [-0.25, -0.2) is 4.79 Å². The van der Waals surface area contributed by atoms with Crippen molar-refractivity contribution in [1.29, 1.82) is 0 Å². The molecule has 0 spiro atoms. The third-order valence-electron chi connectivity index (χ3n) is 3.94. The van der Waals surface area contributed by atoms with Gasteiger partial charge in [0, 0.05) is 11.3 Å². The summed E-state index contributed by atoms with van der Waals surface area (Å²) < 4.78 is 5.09. The average molecular weight is 337 g/mol. The molecule has 1 aliphatic heterocycles. The number of hydrogen-bond donors (Lipinski definition) is 1. The van der Waals surface area contributed by atoms with E-state index in [4.69, 9.17) is 9.84 Å². The number of nitrogens with zero attached hydrogens (tertiary/aromatic N) is 1. The first-order valence-electron chi connectivity index (χ1n) is 7.54. The first kappa shape index (κ1) is 16.4. The van der Waals surface area contributed by atoms with Crippen LogP contribution in [0.1, 0.15) is 15.9 Å². The molecule has 1 N–H and O–H groups in total. The summed E-state index contributed by atoms with van der Waals surface area (Å²) in [7, 11) is 1.57. The number of rotatable bonds is 4. The van der Waals surface area contributed by atoms with Crippen molar-refractivity contribution in [2.24, 2.45) is 0 Å². The minimum absolute atomic E-state index is 0.121. The smallest absolute Gasteiger partial charge is 0.335 e. The molecule has 1 saturated heterocycles. The molecule has 2 aromatic rings. The molecule has 0 aromatic heterocycles. The molecule has 0 atom stereocenters. The molecule has 1 fully saturated rings. The van der Waals surface area contributed by atoms with Crippen LogP contribution in [-0.4, -0.2) is 36.4 Å². The van der Waals surface area contributed by atoms with Crippen molar-refractivity contribution < 1.29 is 24.2 Å². The van der Waals surface area contributed by atoms with Gasteiger partial charge in [-0.15, -0.1) is 0 Å². The summed E-state index contributed by atoms with van der Waals surface area (Å²) in [5, 5.41) is 8.93. The van der Waals surface area contributed by atoms with E-state index in [1.54, 1.807) is 37.5 Å². The number of methoxy groups -OCH3 is 1. The Morgan fingerprint density at radius 1 is 1.08 bits per heavy atom. The summed E-state index contributed by atoms with van der Waals surface area (Å²) in [6, 6.07) is 13.0. The zero-order valence-corrected chi connectivity index (χ0v) is 13.4. The summed E-state index contributed by atoms with van der Waals surface area (Å²) >= 11 is 0. The first-order valence-corrected chi connectivity index (χ1v) is 7.54. The van der Waals surface area contributed by atoms with E-state index >= 15 is 0 Å². The third-order valence-corrected chi connectivity index (χ3v) is 3.94. The summed E-state index contributed by atoms with van der Waals surface area (Å²) in [6.07, 6.45) is 1.67. The number of ether oxygens (including phenoxy) is 1. The molecule has 126 valence electrons. The molecule has 1 aliphatic rings. The molecule has 0 bridgehead atoms. The van der Waals surface area contributed by atoms with E-state index in [-0.39, 0.29) is 12.1 Å². The highest BCUT2D eigenvalue weighted by molar-refractivity contribution is 6.51. The van der Waals surface area contributed by atoms with Crippen molar-refractivity contribution in [2.45, 2.75) is 0 Å². The Bertz CT molecular complexity index is 866. The molecule has 6 nitrogen and oxygen atoms in total. The van der Waals surface area contributed by atoms with E-state index in [2.05, 4.69) is 0 Å². The SMILES string of the molecule is COc1ccc(/C=C2/CN(c3ccc(C(=O)O)cc3)C(=O)C2=O)cc1. The number of carboxylic acids is 1. The lowest BCUT2D eigenvalue weighted by Gasteiger charge is -2.14. The second-order valence-corrected chi connectivity index (χ2v) is 5.52. The first-order chi connectivity index (χ1) is 12.0. The molecule has 0 saturated carbocycles. The lowest BCUT2D eigenvalue weighted by Crippen LogP contribution is -2.26. The van der Waals surface area contributed by atoms with Crippen molar-refractivity contribution in [3.8, 4) is 5.75 Å². The van der Waals surface area contributed by atoms with Gasteiger partial charge in [0.2, 0.25) is 5.78 Å². The average Bonchev–Trinajstić information content (AvgIpc) is 2.91. The van der Waals surface area contributed by atoms with Crippen LogP contribution in [-0.2, 0) is 9.59 Å². The van der Waals surface area contributed by atoms with Crippen molar-refractivity contribution in [1.82, 2.24) is 0 Å². The number of carboxylic acid groups (broad SMARTS) is 1. The van der Waals surface area contributed by atoms with Crippen LogP contribution in [0.3, 0.4) is 0 Å². The number of hydrogen-bond acceptors (Lipinski definition) is 4. The molecule has 1 heterocycles. The highest BCUT2D eigenvalue weighted by Crippen LogP contribution is 2.25. The summed E-state index contributed by atoms with van der Waals surface area (Å²) in [6.45, 7) is 0.149. The lowest BCUT2D eigenvalue weighted by atomic mass is 10.1. The van der Waals surface area contributed by atoms with Gasteiger partial charge in [0.1, 0.15) is 5.75 Å². The van der Waals surface area contributed by atoms with Gasteiger partial charge < -0.3 is 14.7 Å². The van der Waals surface area contributed by atoms with E-state index in [1.165, 1.54) is 29.2 Å². The molecule has 3 rings (SSSR count). The number of benzene rings is 2. The van der Waals surface area contributed by atoms with Crippen LogP contribution in [0.5, 0.6) is 5.75 Å². The van der Waals surface area contributed by atoms with E-state index in [0.29, 0.717) is 17.0 Å². The Hall–Kier alpha value is -3.41. The predicted octanol–water partition coefficient (Wildman–Crippen LogP) is 2.39. The lowest BCUT2D eigenvalue weighted by molar-refractivity contribution is -0.132. The maximum Gasteiger partial charge on any atom is 0.335 e. The molecule has 0 radical (unpaired) electrons. The zero-order valence-electron chi connectivity index (χ0n) is 13.4. The van der Waals surface area contributed by atoms with Gasteiger partial charge in [0.15, 0.2) is 0 Å². The zero-order chi connectivity index (χ0) is 18.0. The molecular weight excluding hydrogens is 322 g/mol. The standard InChI is InChI=1S/C19H15NO5/c1-25-16-8-2-12(3-9-16)10-14-11-20(18(22)17(14)21)15-6-4-13(5-7-15)19(23)24/h2-10H,11H2,1H3,(H,23,24)/b14-10-. The van der Waals surface area contributed by atoms with E-state index in [9.17, 15) is 14.4 Å². The van der Waals surface area contributed by atoms with E-state index < -0.39 is 17.7 Å².